The van der Waals surface area contributed by atoms with Crippen molar-refractivity contribution in [2.45, 2.75) is 69.8 Å². The summed E-state index contributed by atoms with van der Waals surface area (Å²) in [6, 6.07) is 1.64. The second kappa shape index (κ2) is 8.48. The molecule has 0 atom stereocenters. The standard InChI is InChI=1S/C22H25F2N7O/c1-30-20(21(23)24)19(27-29-30)16-11-15(13-5-3-2-4-6-13)22(32)31(28-16)12-17-18(14-7-8-14)26-10-9-25-17/h9-11,13-14,21H,2-8,12H2,1H3. The first-order chi connectivity index (χ1) is 15.5. The summed E-state index contributed by atoms with van der Waals surface area (Å²) in [5.74, 6) is 0.446. The number of rotatable bonds is 6. The van der Waals surface area contributed by atoms with E-state index in [1.165, 1.54) is 11.7 Å². The second-order valence-electron chi connectivity index (χ2n) is 8.69. The van der Waals surface area contributed by atoms with E-state index in [-0.39, 0.29) is 35.1 Å². The lowest BCUT2D eigenvalue weighted by Crippen LogP contribution is -2.30. The zero-order chi connectivity index (χ0) is 22.2. The molecule has 10 heteroatoms. The predicted molar refractivity (Wildman–Crippen MR) is 112 cm³/mol. The van der Waals surface area contributed by atoms with E-state index >= 15 is 0 Å². The zero-order valence-corrected chi connectivity index (χ0v) is 17.9. The predicted octanol–water partition coefficient (Wildman–Crippen LogP) is 3.74. The summed E-state index contributed by atoms with van der Waals surface area (Å²) in [4.78, 5) is 22.4. The Morgan fingerprint density at radius 2 is 1.81 bits per heavy atom. The number of aromatic nitrogens is 7. The van der Waals surface area contributed by atoms with E-state index in [0.29, 0.717) is 17.2 Å². The summed E-state index contributed by atoms with van der Waals surface area (Å²) in [5, 5.41) is 12.2. The first-order valence-electron chi connectivity index (χ1n) is 11.1. The molecular formula is C22H25F2N7O. The van der Waals surface area contributed by atoms with Gasteiger partial charge in [-0.2, -0.15) is 5.10 Å². The van der Waals surface area contributed by atoms with E-state index < -0.39 is 6.43 Å². The average Bonchev–Trinajstić information content (AvgIpc) is 3.57. The molecule has 0 unspecified atom stereocenters. The van der Waals surface area contributed by atoms with Gasteiger partial charge in [0.25, 0.3) is 12.0 Å². The van der Waals surface area contributed by atoms with Crippen LogP contribution in [0.25, 0.3) is 11.4 Å². The minimum Gasteiger partial charge on any atom is -0.267 e. The molecule has 8 nitrogen and oxygen atoms in total. The number of hydrogen-bond acceptors (Lipinski definition) is 6. The van der Waals surface area contributed by atoms with Crippen LogP contribution in [0.2, 0.25) is 0 Å². The molecule has 3 aromatic heterocycles. The Morgan fingerprint density at radius 3 is 2.53 bits per heavy atom. The Bertz CT molecular complexity index is 1180. The minimum absolute atomic E-state index is 0.00914. The molecule has 0 bridgehead atoms. The Hall–Kier alpha value is -3.04. The van der Waals surface area contributed by atoms with Crippen LogP contribution in [-0.4, -0.2) is 34.7 Å². The van der Waals surface area contributed by atoms with Crippen LogP contribution in [0, 0.1) is 0 Å². The van der Waals surface area contributed by atoms with Gasteiger partial charge in [0.15, 0.2) is 0 Å². The Labute approximate surface area is 183 Å². The van der Waals surface area contributed by atoms with Crippen LogP contribution in [-0.2, 0) is 13.6 Å². The highest BCUT2D eigenvalue weighted by Crippen LogP contribution is 2.40. The highest BCUT2D eigenvalue weighted by atomic mass is 19.3. The van der Waals surface area contributed by atoms with Gasteiger partial charge in [0.05, 0.1) is 17.9 Å². The van der Waals surface area contributed by atoms with Gasteiger partial charge in [-0.3, -0.25) is 14.8 Å². The fraction of sp³-hybridized carbons (Fsp3) is 0.545. The monoisotopic (exact) mass is 441 g/mol. The lowest BCUT2D eigenvalue weighted by molar-refractivity contribution is 0.141. The summed E-state index contributed by atoms with van der Waals surface area (Å²) < 4.78 is 29.9. The molecule has 0 saturated heterocycles. The molecule has 5 rings (SSSR count). The van der Waals surface area contributed by atoms with E-state index in [0.717, 1.165) is 55.3 Å². The van der Waals surface area contributed by atoms with E-state index in [1.807, 2.05) is 0 Å². The molecule has 32 heavy (non-hydrogen) atoms. The maximum Gasteiger partial charge on any atom is 0.282 e. The maximum absolute atomic E-state index is 13.7. The van der Waals surface area contributed by atoms with Crippen molar-refractivity contribution in [1.82, 2.24) is 34.7 Å². The smallest absolute Gasteiger partial charge is 0.267 e. The van der Waals surface area contributed by atoms with E-state index in [1.54, 1.807) is 18.5 Å². The number of halogens is 2. The van der Waals surface area contributed by atoms with Gasteiger partial charge in [-0.05, 0) is 37.7 Å². The van der Waals surface area contributed by atoms with Gasteiger partial charge in [0, 0.05) is 30.9 Å². The number of alkyl halides is 2. The molecule has 2 aliphatic rings. The van der Waals surface area contributed by atoms with Crippen LogP contribution >= 0.6 is 0 Å². The molecule has 0 spiro atoms. The molecule has 3 heterocycles. The van der Waals surface area contributed by atoms with Crippen LogP contribution in [0.15, 0.2) is 23.3 Å². The first-order valence-corrected chi connectivity index (χ1v) is 11.1. The quantitative estimate of drug-likeness (QED) is 0.579. The van der Waals surface area contributed by atoms with Crippen LogP contribution < -0.4 is 5.56 Å². The molecule has 2 fully saturated rings. The van der Waals surface area contributed by atoms with Gasteiger partial charge >= 0.3 is 0 Å². The highest BCUT2D eigenvalue weighted by Gasteiger charge is 2.30. The molecular weight excluding hydrogens is 416 g/mol. The molecule has 0 radical (unpaired) electrons. The summed E-state index contributed by atoms with van der Waals surface area (Å²) in [5.41, 5.74) is 1.94. The lowest BCUT2D eigenvalue weighted by Gasteiger charge is -2.22. The van der Waals surface area contributed by atoms with E-state index in [4.69, 9.17) is 0 Å². The zero-order valence-electron chi connectivity index (χ0n) is 17.9. The average molecular weight is 441 g/mol. The molecule has 0 aliphatic heterocycles. The Balaban J connectivity index is 1.63. The third kappa shape index (κ3) is 3.93. The van der Waals surface area contributed by atoms with Crippen molar-refractivity contribution in [2.75, 3.05) is 0 Å². The summed E-state index contributed by atoms with van der Waals surface area (Å²) >= 11 is 0. The van der Waals surface area contributed by atoms with Crippen molar-refractivity contribution in [3.63, 3.8) is 0 Å². The molecule has 168 valence electrons. The molecule has 0 amide bonds. The molecule has 0 N–H and O–H groups in total. The molecule has 0 aromatic carbocycles. The van der Waals surface area contributed by atoms with Gasteiger partial charge in [0.2, 0.25) is 0 Å². The van der Waals surface area contributed by atoms with Crippen LogP contribution in [0.1, 0.15) is 85.9 Å². The largest absolute Gasteiger partial charge is 0.282 e. The third-order valence-electron chi connectivity index (χ3n) is 6.44. The minimum atomic E-state index is -2.76. The van der Waals surface area contributed by atoms with Gasteiger partial charge in [-0.15, -0.1) is 5.10 Å². The Kier molecular flexibility index (Phi) is 5.52. The molecule has 2 saturated carbocycles. The third-order valence-corrected chi connectivity index (χ3v) is 6.44. The van der Waals surface area contributed by atoms with Crippen LogP contribution in [0.3, 0.4) is 0 Å². The van der Waals surface area contributed by atoms with Crippen molar-refractivity contribution in [1.29, 1.82) is 0 Å². The van der Waals surface area contributed by atoms with Gasteiger partial charge in [0.1, 0.15) is 17.1 Å². The number of nitrogens with zero attached hydrogens (tertiary/aromatic N) is 7. The lowest BCUT2D eigenvalue weighted by atomic mass is 9.84. The summed E-state index contributed by atoms with van der Waals surface area (Å²) in [7, 11) is 1.43. The normalized spacial score (nSPS) is 17.2. The second-order valence-corrected chi connectivity index (χ2v) is 8.69. The topological polar surface area (TPSA) is 91.4 Å². The number of hydrogen-bond donors (Lipinski definition) is 0. The highest BCUT2D eigenvalue weighted by molar-refractivity contribution is 5.57. The van der Waals surface area contributed by atoms with Crippen molar-refractivity contribution < 1.29 is 8.78 Å². The van der Waals surface area contributed by atoms with Crippen LogP contribution in [0.5, 0.6) is 0 Å². The van der Waals surface area contributed by atoms with Gasteiger partial charge < -0.3 is 0 Å². The Morgan fingerprint density at radius 1 is 1.06 bits per heavy atom. The summed E-state index contributed by atoms with van der Waals surface area (Å²) in [6.45, 7) is 0.149. The molecule has 3 aromatic rings. The van der Waals surface area contributed by atoms with Crippen molar-refractivity contribution in [3.8, 4) is 11.4 Å². The summed E-state index contributed by atoms with van der Waals surface area (Å²) in [6.07, 6.45) is 7.66. The SMILES string of the molecule is Cn1nnc(-c2cc(C3CCCCC3)c(=O)n(Cc3nccnc3C3CC3)n2)c1C(F)F. The van der Waals surface area contributed by atoms with E-state index in [9.17, 15) is 13.6 Å². The number of aryl methyl sites for hydroxylation is 1. The van der Waals surface area contributed by atoms with Crippen molar-refractivity contribution in [2.24, 2.45) is 7.05 Å². The first kappa shape index (κ1) is 20.8. The van der Waals surface area contributed by atoms with Crippen LogP contribution in [0.4, 0.5) is 8.78 Å². The fourth-order valence-electron chi connectivity index (χ4n) is 4.62. The molecule has 2 aliphatic carbocycles. The van der Waals surface area contributed by atoms with Gasteiger partial charge in [-0.1, -0.05) is 24.5 Å². The fourth-order valence-corrected chi connectivity index (χ4v) is 4.62. The van der Waals surface area contributed by atoms with Crippen molar-refractivity contribution in [3.05, 3.63) is 51.5 Å². The van der Waals surface area contributed by atoms with E-state index in [2.05, 4.69) is 25.4 Å². The van der Waals surface area contributed by atoms with Crippen molar-refractivity contribution >= 4 is 0 Å². The van der Waals surface area contributed by atoms with Gasteiger partial charge in [-0.25, -0.2) is 18.1 Å². The maximum atomic E-state index is 13.7.